The summed E-state index contributed by atoms with van der Waals surface area (Å²) in [6.07, 6.45) is 1.27. The lowest BCUT2D eigenvalue weighted by Crippen LogP contribution is -2.54. The summed E-state index contributed by atoms with van der Waals surface area (Å²) in [5.74, 6) is -0.612. The fourth-order valence-corrected chi connectivity index (χ4v) is 5.88. The molecule has 0 radical (unpaired) electrons. The van der Waals surface area contributed by atoms with Gasteiger partial charge >= 0.3 is 11.3 Å². The second kappa shape index (κ2) is 11.4. The van der Waals surface area contributed by atoms with Gasteiger partial charge in [-0.15, -0.1) is 4.57 Å². The van der Waals surface area contributed by atoms with Crippen LogP contribution in [0.2, 0.25) is 0 Å². The van der Waals surface area contributed by atoms with E-state index in [1.165, 1.54) is 16.7 Å². The highest BCUT2D eigenvalue weighted by Crippen LogP contribution is 2.35. The van der Waals surface area contributed by atoms with Gasteiger partial charge in [0, 0.05) is 42.4 Å². The standard InChI is InChI=1S/C33H36FN5O3/c1-7-28(40)36-16-17-37(22(6)19-36)31-26-18-27(34)29(23-12-9-8-10-13-23)39(42)32(26)38(33(41)35-31)30-24(20(2)3)14-11-15-25(30)21(4)5/h7-15,18,20-22H,1,16-17,19H2,2-6H3/t22-/m0/s1. The van der Waals surface area contributed by atoms with Gasteiger partial charge in [0.2, 0.25) is 5.91 Å². The van der Waals surface area contributed by atoms with Gasteiger partial charge in [-0.05, 0) is 30.9 Å². The lowest BCUT2D eigenvalue weighted by molar-refractivity contribution is -0.569. The average Bonchev–Trinajstić information content (AvgIpc) is 2.97. The molecule has 1 aliphatic heterocycles. The van der Waals surface area contributed by atoms with E-state index in [-0.39, 0.29) is 46.3 Å². The summed E-state index contributed by atoms with van der Waals surface area (Å²) in [7, 11) is 0. The summed E-state index contributed by atoms with van der Waals surface area (Å²) < 4.78 is 17.9. The molecule has 4 aromatic rings. The van der Waals surface area contributed by atoms with Crippen molar-refractivity contribution in [3.05, 3.63) is 99.9 Å². The van der Waals surface area contributed by atoms with Crippen molar-refractivity contribution in [3.8, 4) is 16.9 Å². The molecule has 42 heavy (non-hydrogen) atoms. The molecule has 218 valence electrons. The van der Waals surface area contributed by atoms with Crippen molar-refractivity contribution in [1.82, 2.24) is 14.5 Å². The predicted molar refractivity (Wildman–Crippen MR) is 163 cm³/mol. The number of amides is 1. The minimum absolute atomic E-state index is 0.0112. The van der Waals surface area contributed by atoms with Gasteiger partial charge in [0.05, 0.1) is 0 Å². The van der Waals surface area contributed by atoms with Crippen molar-refractivity contribution in [3.63, 3.8) is 0 Å². The number of benzene rings is 2. The molecule has 1 amide bonds. The third kappa shape index (κ3) is 4.93. The summed E-state index contributed by atoms with van der Waals surface area (Å²) >= 11 is 0. The lowest BCUT2D eigenvalue weighted by atomic mass is 9.92. The first-order valence-corrected chi connectivity index (χ1v) is 14.3. The molecule has 2 aromatic carbocycles. The summed E-state index contributed by atoms with van der Waals surface area (Å²) in [4.78, 5) is 34.5. The highest BCUT2D eigenvalue weighted by Gasteiger charge is 2.34. The molecule has 9 heteroatoms. The second-order valence-electron chi connectivity index (χ2n) is 11.4. The molecule has 2 aromatic heterocycles. The second-order valence-corrected chi connectivity index (χ2v) is 11.4. The maximum atomic E-state index is 16.0. The van der Waals surface area contributed by atoms with Gasteiger partial charge in [0.25, 0.3) is 0 Å². The van der Waals surface area contributed by atoms with Gasteiger partial charge in [0.15, 0.2) is 17.3 Å². The SMILES string of the molecule is C=CC(=O)N1CCN(c2nc(=O)n(-c3c(C(C)C)cccc3C(C)C)c3c2cc(F)c(-c2ccccc2)[n+]3[O-])[C@@H](C)C1. The fourth-order valence-electron chi connectivity index (χ4n) is 5.88. The van der Waals surface area contributed by atoms with Gasteiger partial charge in [-0.25, -0.2) is 13.9 Å². The number of anilines is 1. The molecule has 0 N–H and O–H groups in total. The Balaban J connectivity index is 1.88. The van der Waals surface area contributed by atoms with Crippen molar-refractivity contribution >= 4 is 22.8 Å². The molecule has 1 fully saturated rings. The van der Waals surface area contributed by atoms with E-state index < -0.39 is 11.5 Å². The molecule has 0 bridgehead atoms. The van der Waals surface area contributed by atoms with Crippen molar-refractivity contribution < 1.29 is 13.9 Å². The minimum Gasteiger partial charge on any atom is -0.710 e. The first-order valence-electron chi connectivity index (χ1n) is 14.3. The Labute approximate surface area is 244 Å². The minimum atomic E-state index is -0.716. The molecule has 1 aliphatic rings. The van der Waals surface area contributed by atoms with E-state index in [4.69, 9.17) is 0 Å². The average molecular weight is 570 g/mol. The number of piperazine rings is 1. The van der Waals surface area contributed by atoms with Crippen LogP contribution in [0.25, 0.3) is 28.0 Å². The highest BCUT2D eigenvalue weighted by atomic mass is 19.1. The molecule has 1 atom stereocenters. The summed E-state index contributed by atoms with van der Waals surface area (Å²) in [5.41, 5.74) is 1.98. The number of fused-ring (bicyclic) bond motifs is 1. The third-order valence-corrected chi connectivity index (χ3v) is 7.98. The van der Waals surface area contributed by atoms with Gasteiger partial charge in [0.1, 0.15) is 11.1 Å². The van der Waals surface area contributed by atoms with Crippen LogP contribution in [-0.2, 0) is 4.79 Å². The Hall–Kier alpha value is -4.53. The van der Waals surface area contributed by atoms with E-state index in [0.29, 0.717) is 35.6 Å². The molecule has 0 unspecified atom stereocenters. The third-order valence-electron chi connectivity index (χ3n) is 7.98. The number of rotatable bonds is 6. The van der Waals surface area contributed by atoms with Crippen LogP contribution >= 0.6 is 0 Å². The van der Waals surface area contributed by atoms with Crippen LogP contribution in [0.15, 0.2) is 72.0 Å². The predicted octanol–water partition coefficient (Wildman–Crippen LogP) is 5.30. The Kier molecular flexibility index (Phi) is 7.86. The quantitative estimate of drug-likeness (QED) is 0.179. The van der Waals surface area contributed by atoms with Crippen LogP contribution in [-0.4, -0.2) is 46.0 Å². The number of para-hydroxylation sites is 1. The maximum Gasteiger partial charge on any atom is 0.442 e. The molecule has 3 heterocycles. The van der Waals surface area contributed by atoms with E-state index in [1.807, 2.05) is 57.7 Å². The van der Waals surface area contributed by atoms with Crippen LogP contribution in [0.5, 0.6) is 0 Å². The first kappa shape index (κ1) is 29.0. The van der Waals surface area contributed by atoms with Crippen molar-refractivity contribution in [1.29, 1.82) is 0 Å². The Morgan fingerprint density at radius 1 is 1.07 bits per heavy atom. The van der Waals surface area contributed by atoms with Gasteiger partial charge in [-0.1, -0.05) is 82.8 Å². The van der Waals surface area contributed by atoms with E-state index >= 15 is 4.39 Å². The van der Waals surface area contributed by atoms with Gasteiger partial charge < -0.3 is 15.0 Å². The number of nitrogens with zero attached hydrogens (tertiary/aromatic N) is 5. The Morgan fingerprint density at radius 3 is 2.29 bits per heavy atom. The summed E-state index contributed by atoms with van der Waals surface area (Å²) in [6.45, 7) is 14.7. The molecular weight excluding hydrogens is 533 g/mol. The Morgan fingerprint density at radius 2 is 1.71 bits per heavy atom. The smallest absolute Gasteiger partial charge is 0.442 e. The number of aromatic nitrogens is 3. The number of carbonyl (C=O) groups is 1. The molecule has 0 saturated carbocycles. The van der Waals surface area contributed by atoms with E-state index in [1.54, 1.807) is 35.2 Å². The number of pyridine rings is 1. The van der Waals surface area contributed by atoms with Gasteiger partial charge in [-0.2, -0.15) is 4.98 Å². The number of carbonyl (C=O) groups excluding carboxylic acids is 1. The monoisotopic (exact) mass is 569 g/mol. The number of hydrogen-bond acceptors (Lipinski definition) is 5. The van der Waals surface area contributed by atoms with Crippen LogP contribution in [0.3, 0.4) is 0 Å². The van der Waals surface area contributed by atoms with Gasteiger partial charge in [-0.3, -0.25) is 4.79 Å². The first-order chi connectivity index (χ1) is 20.0. The summed E-state index contributed by atoms with van der Waals surface area (Å²) in [5, 5.41) is 14.6. The number of hydrogen-bond donors (Lipinski definition) is 0. The van der Waals surface area contributed by atoms with Crippen LogP contribution < -0.4 is 15.3 Å². The highest BCUT2D eigenvalue weighted by molar-refractivity contribution is 5.89. The molecule has 1 saturated heterocycles. The van der Waals surface area contributed by atoms with Crippen LogP contribution in [0.4, 0.5) is 10.2 Å². The van der Waals surface area contributed by atoms with E-state index in [2.05, 4.69) is 11.6 Å². The lowest BCUT2D eigenvalue weighted by Gasteiger charge is -2.40. The normalized spacial score (nSPS) is 15.6. The summed E-state index contributed by atoms with van der Waals surface area (Å²) in [6, 6.07) is 15.5. The molecule has 0 aliphatic carbocycles. The zero-order valence-electron chi connectivity index (χ0n) is 24.7. The van der Waals surface area contributed by atoms with E-state index in [9.17, 15) is 14.8 Å². The van der Waals surface area contributed by atoms with Crippen molar-refractivity contribution in [2.45, 2.75) is 52.5 Å². The number of halogens is 1. The van der Waals surface area contributed by atoms with Crippen LogP contribution in [0, 0.1) is 11.0 Å². The molecule has 0 spiro atoms. The fraction of sp³-hybridized carbons (Fsp3) is 0.333. The topological polar surface area (TPSA) is 85.4 Å². The zero-order chi connectivity index (χ0) is 30.3. The largest absolute Gasteiger partial charge is 0.710 e. The van der Waals surface area contributed by atoms with Crippen LogP contribution in [0.1, 0.15) is 57.6 Å². The molecule has 5 rings (SSSR count). The van der Waals surface area contributed by atoms with E-state index in [0.717, 1.165) is 11.1 Å². The molecular formula is C33H36FN5O3. The van der Waals surface area contributed by atoms with Crippen molar-refractivity contribution in [2.24, 2.45) is 0 Å². The zero-order valence-corrected chi connectivity index (χ0v) is 24.7. The Bertz CT molecular complexity index is 1710. The maximum absolute atomic E-state index is 16.0. The van der Waals surface area contributed by atoms with Crippen molar-refractivity contribution in [2.75, 3.05) is 24.5 Å². The molecule has 8 nitrogen and oxygen atoms in total.